The summed E-state index contributed by atoms with van der Waals surface area (Å²) < 4.78 is 31.9. The van der Waals surface area contributed by atoms with E-state index >= 15 is 0 Å². The molecule has 0 unspecified atom stereocenters. The normalized spacial score (nSPS) is 11.7. The summed E-state index contributed by atoms with van der Waals surface area (Å²) in [5.74, 6) is 0.957. The van der Waals surface area contributed by atoms with Gasteiger partial charge in [0.2, 0.25) is 21.8 Å². The van der Waals surface area contributed by atoms with Gasteiger partial charge in [0.15, 0.2) is 0 Å². The molecule has 0 atom stereocenters. The standard InChI is InChI=1S/C18H19N5O5S2/c1-3-22(4-2)30(26,27)15-9-10-17(19-11-15)29-12-16-20-21-18(28-16)13-5-7-14(8-6-13)23(24)25/h5-11H,3-4,12H2,1-2H3. The summed E-state index contributed by atoms with van der Waals surface area (Å²) in [4.78, 5) is 14.6. The number of nitro groups is 1. The number of thioether (sulfide) groups is 1. The highest BCUT2D eigenvalue weighted by atomic mass is 32.2. The van der Waals surface area contributed by atoms with Gasteiger partial charge >= 0.3 is 0 Å². The van der Waals surface area contributed by atoms with Crippen molar-refractivity contribution in [3.8, 4) is 11.5 Å². The third-order valence-electron chi connectivity index (χ3n) is 4.19. The van der Waals surface area contributed by atoms with Crippen LogP contribution in [-0.2, 0) is 15.8 Å². The van der Waals surface area contributed by atoms with E-state index in [1.807, 2.05) is 0 Å². The molecular formula is C18H19N5O5S2. The molecule has 0 saturated carbocycles. The van der Waals surface area contributed by atoms with Gasteiger partial charge < -0.3 is 4.42 Å². The topological polar surface area (TPSA) is 132 Å². The quantitative estimate of drug-likeness (QED) is 0.274. The molecule has 30 heavy (non-hydrogen) atoms. The molecule has 0 radical (unpaired) electrons. The number of pyridine rings is 1. The summed E-state index contributed by atoms with van der Waals surface area (Å²) >= 11 is 1.32. The SMILES string of the molecule is CCN(CC)S(=O)(=O)c1ccc(SCc2nnc(-c3ccc([N+](=O)[O-])cc3)o2)nc1. The first-order chi connectivity index (χ1) is 14.3. The molecular weight excluding hydrogens is 430 g/mol. The first-order valence-electron chi connectivity index (χ1n) is 9.01. The van der Waals surface area contributed by atoms with Gasteiger partial charge in [-0.25, -0.2) is 13.4 Å². The highest BCUT2D eigenvalue weighted by Gasteiger charge is 2.21. The van der Waals surface area contributed by atoms with Crippen LogP contribution >= 0.6 is 11.8 Å². The molecule has 1 aromatic carbocycles. The van der Waals surface area contributed by atoms with E-state index in [0.717, 1.165) is 0 Å². The maximum atomic E-state index is 12.5. The summed E-state index contributed by atoms with van der Waals surface area (Å²) in [6, 6.07) is 8.98. The lowest BCUT2D eigenvalue weighted by Gasteiger charge is -2.18. The second-order valence-electron chi connectivity index (χ2n) is 6.02. The van der Waals surface area contributed by atoms with Crippen LogP contribution < -0.4 is 0 Å². The van der Waals surface area contributed by atoms with Crippen molar-refractivity contribution in [3.05, 3.63) is 58.6 Å². The molecule has 0 saturated heterocycles. The third-order valence-corrected chi connectivity index (χ3v) is 7.15. The van der Waals surface area contributed by atoms with E-state index in [1.165, 1.54) is 40.5 Å². The Morgan fingerprint density at radius 2 is 1.80 bits per heavy atom. The average molecular weight is 450 g/mol. The van der Waals surface area contributed by atoms with Crippen molar-refractivity contribution in [1.29, 1.82) is 0 Å². The fourth-order valence-corrected chi connectivity index (χ4v) is 4.69. The van der Waals surface area contributed by atoms with E-state index in [-0.39, 0.29) is 16.5 Å². The van der Waals surface area contributed by atoms with Crippen LogP contribution in [0.2, 0.25) is 0 Å². The molecule has 2 aromatic heterocycles. The monoisotopic (exact) mass is 449 g/mol. The molecule has 12 heteroatoms. The Morgan fingerprint density at radius 3 is 2.37 bits per heavy atom. The minimum atomic E-state index is -3.54. The first kappa shape index (κ1) is 21.9. The van der Waals surface area contributed by atoms with Crippen molar-refractivity contribution < 1.29 is 17.8 Å². The maximum Gasteiger partial charge on any atom is 0.269 e. The van der Waals surface area contributed by atoms with Crippen molar-refractivity contribution in [2.45, 2.75) is 29.5 Å². The molecule has 3 aromatic rings. The Hall–Kier alpha value is -2.83. The summed E-state index contributed by atoms with van der Waals surface area (Å²) in [5, 5.41) is 19.3. The molecule has 0 N–H and O–H groups in total. The van der Waals surface area contributed by atoms with E-state index in [9.17, 15) is 18.5 Å². The van der Waals surface area contributed by atoms with Gasteiger partial charge in [-0.1, -0.05) is 25.6 Å². The maximum absolute atomic E-state index is 12.5. The number of nitro benzene ring substituents is 1. The van der Waals surface area contributed by atoms with Crippen LogP contribution in [0, 0.1) is 10.1 Å². The molecule has 158 valence electrons. The predicted octanol–water partition coefficient (Wildman–Crippen LogP) is 3.36. The number of sulfonamides is 1. The molecule has 10 nitrogen and oxygen atoms in total. The summed E-state index contributed by atoms with van der Waals surface area (Å²) in [6.45, 7) is 4.36. The third kappa shape index (κ3) is 4.83. The van der Waals surface area contributed by atoms with E-state index < -0.39 is 14.9 Å². The molecule has 0 aliphatic rings. The zero-order chi connectivity index (χ0) is 21.7. The van der Waals surface area contributed by atoms with Crippen molar-refractivity contribution >= 4 is 27.5 Å². The predicted molar refractivity (Wildman–Crippen MR) is 110 cm³/mol. The lowest BCUT2D eigenvalue weighted by atomic mass is 10.2. The summed E-state index contributed by atoms with van der Waals surface area (Å²) in [5.41, 5.74) is 0.556. The molecule has 0 bridgehead atoms. The van der Waals surface area contributed by atoms with Gasteiger partial charge in [0.25, 0.3) is 5.69 Å². The molecule has 0 aliphatic heterocycles. The van der Waals surface area contributed by atoms with Gasteiger partial charge in [0.05, 0.1) is 15.7 Å². The second-order valence-corrected chi connectivity index (χ2v) is 8.95. The fraction of sp³-hybridized carbons (Fsp3) is 0.278. The van der Waals surface area contributed by atoms with Crippen molar-refractivity contribution in [2.75, 3.05) is 13.1 Å². The van der Waals surface area contributed by atoms with Crippen LogP contribution in [0.15, 0.2) is 56.9 Å². The van der Waals surface area contributed by atoms with Crippen molar-refractivity contribution in [3.63, 3.8) is 0 Å². The Labute approximate surface area is 177 Å². The Kier molecular flexibility index (Phi) is 6.80. The summed E-state index contributed by atoms with van der Waals surface area (Å²) in [6.07, 6.45) is 1.34. The van der Waals surface area contributed by atoms with Crippen LogP contribution in [0.5, 0.6) is 0 Å². The van der Waals surface area contributed by atoms with Crippen LogP contribution in [0.25, 0.3) is 11.5 Å². The molecule has 2 heterocycles. The van der Waals surface area contributed by atoms with E-state index in [1.54, 1.807) is 32.0 Å². The van der Waals surface area contributed by atoms with Crippen molar-refractivity contribution in [2.24, 2.45) is 0 Å². The minimum Gasteiger partial charge on any atom is -0.420 e. The van der Waals surface area contributed by atoms with Crippen LogP contribution in [-0.4, -0.2) is 45.9 Å². The molecule has 0 fully saturated rings. The van der Waals surface area contributed by atoms with Crippen molar-refractivity contribution in [1.82, 2.24) is 19.5 Å². The van der Waals surface area contributed by atoms with E-state index in [2.05, 4.69) is 15.2 Å². The zero-order valence-electron chi connectivity index (χ0n) is 16.3. The zero-order valence-corrected chi connectivity index (χ0v) is 17.9. The smallest absolute Gasteiger partial charge is 0.269 e. The highest BCUT2D eigenvalue weighted by Crippen LogP contribution is 2.25. The Morgan fingerprint density at radius 1 is 1.10 bits per heavy atom. The molecule has 0 aliphatic carbocycles. The number of aromatic nitrogens is 3. The molecule has 0 spiro atoms. The van der Waals surface area contributed by atoms with Crippen LogP contribution in [0.4, 0.5) is 5.69 Å². The molecule has 0 amide bonds. The second kappa shape index (κ2) is 9.32. The van der Waals surface area contributed by atoms with Gasteiger partial charge in [-0.3, -0.25) is 10.1 Å². The number of nitrogens with zero attached hydrogens (tertiary/aromatic N) is 5. The first-order valence-corrected chi connectivity index (χ1v) is 11.4. The van der Waals surface area contributed by atoms with Crippen LogP contribution in [0.3, 0.4) is 0 Å². The highest BCUT2D eigenvalue weighted by molar-refractivity contribution is 7.98. The van der Waals surface area contributed by atoms with Gasteiger partial charge in [-0.2, -0.15) is 4.31 Å². The van der Waals surface area contributed by atoms with Gasteiger partial charge in [0.1, 0.15) is 4.90 Å². The minimum absolute atomic E-state index is 0.0217. The number of rotatable bonds is 9. The Balaban J connectivity index is 1.64. The van der Waals surface area contributed by atoms with E-state index in [4.69, 9.17) is 4.42 Å². The van der Waals surface area contributed by atoms with Gasteiger partial charge in [0, 0.05) is 37.0 Å². The van der Waals surface area contributed by atoms with E-state index in [0.29, 0.717) is 35.3 Å². The number of non-ortho nitro benzene ring substituents is 1. The van der Waals surface area contributed by atoms with Crippen LogP contribution in [0.1, 0.15) is 19.7 Å². The van der Waals surface area contributed by atoms with Gasteiger partial charge in [-0.15, -0.1) is 10.2 Å². The van der Waals surface area contributed by atoms with Gasteiger partial charge in [-0.05, 0) is 24.3 Å². The number of hydrogen-bond donors (Lipinski definition) is 0. The fourth-order valence-electron chi connectivity index (χ4n) is 2.61. The molecule has 3 rings (SSSR count). The lowest BCUT2D eigenvalue weighted by Crippen LogP contribution is -2.30. The average Bonchev–Trinajstić information content (AvgIpc) is 3.22. The Bertz CT molecular complexity index is 1110. The number of hydrogen-bond acceptors (Lipinski definition) is 9. The number of benzene rings is 1. The largest absolute Gasteiger partial charge is 0.420 e. The lowest BCUT2D eigenvalue weighted by molar-refractivity contribution is -0.384. The summed E-state index contributed by atoms with van der Waals surface area (Å²) in [7, 11) is -3.54.